The zero-order valence-corrected chi connectivity index (χ0v) is 14.8. The molecular formula is C18H22BrN3O. The van der Waals surface area contributed by atoms with Crippen LogP contribution in [0, 0.1) is 0 Å². The van der Waals surface area contributed by atoms with E-state index in [-0.39, 0.29) is 5.60 Å². The van der Waals surface area contributed by atoms with Gasteiger partial charge in [0.25, 0.3) is 0 Å². The summed E-state index contributed by atoms with van der Waals surface area (Å²) in [5, 5.41) is 4.75. The van der Waals surface area contributed by atoms with Crippen molar-refractivity contribution < 1.29 is 4.74 Å². The van der Waals surface area contributed by atoms with E-state index in [4.69, 9.17) is 4.74 Å². The Labute approximate surface area is 145 Å². The topological polar surface area (TPSA) is 47.0 Å². The molecule has 23 heavy (non-hydrogen) atoms. The van der Waals surface area contributed by atoms with Gasteiger partial charge in [0.05, 0.1) is 11.1 Å². The number of benzene rings is 1. The van der Waals surface area contributed by atoms with Crippen LogP contribution in [0.15, 0.2) is 29.0 Å². The molecule has 1 atom stereocenters. The molecule has 0 radical (unpaired) electrons. The zero-order valence-electron chi connectivity index (χ0n) is 13.2. The van der Waals surface area contributed by atoms with Crippen LogP contribution in [-0.2, 0) is 4.74 Å². The number of rotatable bonds is 2. The van der Waals surface area contributed by atoms with E-state index in [0.717, 1.165) is 40.6 Å². The Kier molecular flexibility index (Phi) is 4.24. The fourth-order valence-electron chi connectivity index (χ4n) is 4.03. The minimum atomic E-state index is 0.109. The molecule has 0 bridgehead atoms. The highest BCUT2D eigenvalue weighted by Gasteiger charge is 2.38. The summed E-state index contributed by atoms with van der Waals surface area (Å²) >= 11 is 3.55. The second-order valence-electron chi connectivity index (χ2n) is 6.81. The van der Waals surface area contributed by atoms with E-state index in [2.05, 4.69) is 37.3 Å². The molecule has 1 aliphatic heterocycles. The second-order valence-corrected chi connectivity index (χ2v) is 7.73. The van der Waals surface area contributed by atoms with Gasteiger partial charge in [-0.05, 0) is 43.9 Å². The third-order valence-electron chi connectivity index (χ3n) is 5.20. The highest BCUT2D eigenvalue weighted by molar-refractivity contribution is 9.10. The average Bonchev–Trinajstić information content (AvgIpc) is 2.56. The molecule has 1 unspecified atom stereocenters. The lowest BCUT2D eigenvalue weighted by molar-refractivity contribution is -0.103. The first kappa shape index (κ1) is 15.3. The molecule has 2 aromatic rings. The number of nitrogens with zero attached hydrogens (tertiary/aromatic N) is 2. The van der Waals surface area contributed by atoms with Crippen LogP contribution in [0.2, 0.25) is 0 Å². The highest BCUT2D eigenvalue weighted by atomic mass is 79.9. The van der Waals surface area contributed by atoms with Crippen molar-refractivity contribution in [3.8, 4) is 0 Å². The molecule has 5 heteroatoms. The summed E-state index contributed by atoms with van der Waals surface area (Å²) in [6, 6.07) is 6.57. The number of fused-ring (bicyclic) bond motifs is 1. The lowest BCUT2D eigenvalue weighted by atomic mass is 9.78. The second kappa shape index (κ2) is 6.36. The SMILES string of the molecule is Brc1ccc2ncnc(NC3CCOC4(CCCCC4)C3)c2c1. The van der Waals surface area contributed by atoms with Gasteiger partial charge < -0.3 is 10.1 Å². The van der Waals surface area contributed by atoms with Crippen molar-refractivity contribution in [2.24, 2.45) is 0 Å². The van der Waals surface area contributed by atoms with Crippen LogP contribution in [-0.4, -0.2) is 28.2 Å². The summed E-state index contributed by atoms with van der Waals surface area (Å²) in [5.41, 5.74) is 1.09. The molecule has 2 heterocycles. The highest BCUT2D eigenvalue weighted by Crippen LogP contribution is 2.39. The lowest BCUT2D eigenvalue weighted by Crippen LogP contribution is -2.45. The van der Waals surface area contributed by atoms with Crippen LogP contribution in [0.1, 0.15) is 44.9 Å². The summed E-state index contributed by atoms with van der Waals surface area (Å²) < 4.78 is 7.25. The van der Waals surface area contributed by atoms with Crippen LogP contribution in [0.4, 0.5) is 5.82 Å². The van der Waals surface area contributed by atoms with E-state index in [9.17, 15) is 0 Å². The van der Waals surface area contributed by atoms with E-state index >= 15 is 0 Å². The summed E-state index contributed by atoms with van der Waals surface area (Å²) in [4.78, 5) is 8.85. The van der Waals surface area contributed by atoms with Gasteiger partial charge in [0, 0.05) is 22.5 Å². The monoisotopic (exact) mass is 375 g/mol. The Balaban J connectivity index is 1.57. The number of hydrogen-bond acceptors (Lipinski definition) is 4. The Hall–Kier alpha value is -1.20. The Morgan fingerprint density at radius 2 is 2.04 bits per heavy atom. The van der Waals surface area contributed by atoms with E-state index in [1.54, 1.807) is 6.33 Å². The van der Waals surface area contributed by atoms with Crippen molar-refractivity contribution in [3.05, 3.63) is 29.0 Å². The summed E-state index contributed by atoms with van der Waals surface area (Å²) in [5.74, 6) is 0.939. The van der Waals surface area contributed by atoms with Gasteiger partial charge >= 0.3 is 0 Å². The summed E-state index contributed by atoms with van der Waals surface area (Å²) in [7, 11) is 0. The van der Waals surface area contributed by atoms with Crippen LogP contribution in [0.25, 0.3) is 10.9 Å². The maximum Gasteiger partial charge on any atom is 0.137 e. The van der Waals surface area contributed by atoms with Crippen molar-refractivity contribution in [1.29, 1.82) is 0 Å². The van der Waals surface area contributed by atoms with Gasteiger partial charge in [-0.1, -0.05) is 35.2 Å². The van der Waals surface area contributed by atoms with Crippen molar-refractivity contribution in [1.82, 2.24) is 9.97 Å². The van der Waals surface area contributed by atoms with Gasteiger partial charge in [0.15, 0.2) is 0 Å². The molecule has 2 aliphatic rings. The quantitative estimate of drug-likeness (QED) is 0.826. The molecule has 1 aromatic heterocycles. The normalized spacial score (nSPS) is 24.0. The van der Waals surface area contributed by atoms with Crippen LogP contribution in [0.3, 0.4) is 0 Å². The van der Waals surface area contributed by atoms with E-state index < -0.39 is 0 Å². The van der Waals surface area contributed by atoms with Crippen LogP contribution in [0.5, 0.6) is 0 Å². The molecule has 1 spiro atoms. The molecule has 1 aromatic carbocycles. The maximum absolute atomic E-state index is 6.20. The number of anilines is 1. The summed E-state index contributed by atoms with van der Waals surface area (Å²) in [6.45, 7) is 0.852. The first-order valence-corrected chi connectivity index (χ1v) is 9.34. The van der Waals surface area contributed by atoms with Crippen molar-refractivity contribution in [2.75, 3.05) is 11.9 Å². The van der Waals surface area contributed by atoms with E-state index in [0.29, 0.717) is 6.04 Å². The van der Waals surface area contributed by atoms with Crippen LogP contribution < -0.4 is 5.32 Å². The van der Waals surface area contributed by atoms with Gasteiger partial charge in [-0.3, -0.25) is 0 Å². The van der Waals surface area contributed by atoms with Gasteiger partial charge in [-0.25, -0.2) is 9.97 Å². The number of halogens is 1. The number of hydrogen-bond donors (Lipinski definition) is 1. The van der Waals surface area contributed by atoms with E-state index in [1.807, 2.05) is 12.1 Å². The number of nitrogens with one attached hydrogen (secondary N) is 1. The predicted octanol–water partition coefficient (Wildman–Crippen LogP) is 4.69. The molecule has 122 valence electrons. The molecule has 1 saturated heterocycles. The van der Waals surface area contributed by atoms with Gasteiger partial charge in [0.1, 0.15) is 12.1 Å². The minimum Gasteiger partial charge on any atom is -0.375 e. The first-order chi connectivity index (χ1) is 11.2. The smallest absolute Gasteiger partial charge is 0.137 e. The third kappa shape index (κ3) is 3.22. The van der Waals surface area contributed by atoms with Gasteiger partial charge in [-0.2, -0.15) is 0 Å². The summed E-state index contributed by atoms with van der Waals surface area (Å²) in [6.07, 6.45) is 10.2. The van der Waals surface area contributed by atoms with Crippen molar-refractivity contribution in [3.63, 3.8) is 0 Å². The number of ether oxygens (including phenoxy) is 1. The largest absolute Gasteiger partial charge is 0.375 e. The molecule has 1 saturated carbocycles. The maximum atomic E-state index is 6.20. The van der Waals surface area contributed by atoms with E-state index in [1.165, 1.54) is 32.1 Å². The Bertz CT molecular complexity index is 694. The lowest BCUT2D eigenvalue weighted by Gasteiger charge is -2.43. The molecule has 4 nitrogen and oxygen atoms in total. The molecule has 4 rings (SSSR count). The molecular weight excluding hydrogens is 354 g/mol. The van der Waals surface area contributed by atoms with Crippen LogP contribution >= 0.6 is 15.9 Å². The predicted molar refractivity (Wildman–Crippen MR) is 95.7 cm³/mol. The van der Waals surface area contributed by atoms with Crippen molar-refractivity contribution in [2.45, 2.75) is 56.6 Å². The molecule has 0 amide bonds. The van der Waals surface area contributed by atoms with Gasteiger partial charge in [-0.15, -0.1) is 0 Å². The van der Waals surface area contributed by atoms with Crippen molar-refractivity contribution >= 4 is 32.7 Å². The fourth-order valence-corrected chi connectivity index (χ4v) is 4.39. The number of aromatic nitrogens is 2. The zero-order chi connectivity index (χ0) is 15.7. The Morgan fingerprint density at radius 3 is 2.91 bits per heavy atom. The van der Waals surface area contributed by atoms with Gasteiger partial charge in [0.2, 0.25) is 0 Å². The fraction of sp³-hybridized carbons (Fsp3) is 0.556. The molecule has 2 fully saturated rings. The Morgan fingerprint density at radius 1 is 1.17 bits per heavy atom. The third-order valence-corrected chi connectivity index (χ3v) is 5.69. The molecule has 1 aliphatic carbocycles. The average molecular weight is 376 g/mol. The first-order valence-electron chi connectivity index (χ1n) is 8.55. The standard InChI is InChI=1S/C18H22BrN3O/c19-13-4-5-16-15(10-13)17(21-12-20-16)22-14-6-9-23-18(11-14)7-2-1-3-8-18/h4-5,10,12,14H,1-3,6-9,11H2,(H,20,21,22). The minimum absolute atomic E-state index is 0.109. The molecule has 1 N–H and O–H groups in total.